The van der Waals surface area contributed by atoms with Crippen LogP contribution in [0.3, 0.4) is 0 Å². The van der Waals surface area contributed by atoms with Crippen LogP contribution in [0.2, 0.25) is 0 Å². The monoisotopic (exact) mass is 240 g/mol. The maximum Gasteiger partial charge on any atom is 0.261 e. The summed E-state index contributed by atoms with van der Waals surface area (Å²) in [5, 5.41) is 2.92. The summed E-state index contributed by atoms with van der Waals surface area (Å²) in [7, 11) is 0. The van der Waals surface area contributed by atoms with Gasteiger partial charge in [0.2, 0.25) is 0 Å². The molecule has 0 saturated carbocycles. The Morgan fingerprint density at radius 3 is 3.12 bits per heavy atom. The number of rotatable bonds is 3. The molecule has 0 aliphatic carbocycles. The van der Waals surface area contributed by atoms with Crippen LogP contribution in [0.15, 0.2) is 6.07 Å². The summed E-state index contributed by atoms with van der Waals surface area (Å²) in [6.45, 7) is 4.18. The Morgan fingerprint density at radius 2 is 2.56 bits per heavy atom. The molecule has 1 aliphatic rings. The highest BCUT2D eigenvalue weighted by molar-refractivity contribution is 7.14. The van der Waals surface area contributed by atoms with E-state index in [0.29, 0.717) is 23.0 Å². The van der Waals surface area contributed by atoms with Gasteiger partial charge >= 0.3 is 0 Å². The topological polar surface area (TPSA) is 64.3 Å². The summed E-state index contributed by atoms with van der Waals surface area (Å²) >= 11 is 1.44. The van der Waals surface area contributed by atoms with E-state index in [-0.39, 0.29) is 5.91 Å². The second kappa shape index (κ2) is 4.84. The van der Waals surface area contributed by atoms with Crippen molar-refractivity contribution in [1.82, 2.24) is 5.32 Å². The van der Waals surface area contributed by atoms with Crippen molar-refractivity contribution >= 4 is 22.9 Å². The first-order chi connectivity index (χ1) is 7.66. The number of carbonyl (C=O) groups excluding carboxylic acids is 1. The van der Waals surface area contributed by atoms with Crippen molar-refractivity contribution in [2.45, 2.75) is 13.3 Å². The first kappa shape index (κ1) is 11.4. The van der Waals surface area contributed by atoms with E-state index < -0.39 is 0 Å². The number of thiophene rings is 1. The number of nitrogen functional groups attached to an aromatic ring is 1. The van der Waals surface area contributed by atoms with Gasteiger partial charge in [0, 0.05) is 29.6 Å². The minimum Gasteiger partial charge on any atom is -0.398 e. The molecule has 1 aromatic heterocycles. The van der Waals surface area contributed by atoms with Crippen LogP contribution in [0.25, 0.3) is 0 Å². The third-order valence-electron chi connectivity index (χ3n) is 2.76. The van der Waals surface area contributed by atoms with Gasteiger partial charge in [-0.25, -0.2) is 0 Å². The summed E-state index contributed by atoms with van der Waals surface area (Å²) in [5.41, 5.74) is 6.40. The normalized spacial score (nSPS) is 19.9. The summed E-state index contributed by atoms with van der Waals surface area (Å²) < 4.78 is 5.25. The van der Waals surface area contributed by atoms with E-state index in [0.717, 1.165) is 24.5 Å². The lowest BCUT2D eigenvalue weighted by atomic mass is 10.1. The largest absolute Gasteiger partial charge is 0.398 e. The van der Waals surface area contributed by atoms with Crippen molar-refractivity contribution in [1.29, 1.82) is 0 Å². The minimum atomic E-state index is -0.0308. The molecular formula is C11H16N2O2S. The molecule has 1 aromatic rings. The van der Waals surface area contributed by atoms with Crippen LogP contribution in [0.5, 0.6) is 0 Å². The predicted molar refractivity (Wildman–Crippen MR) is 64.7 cm³/mol. The van der Waals surface area contributed by atoms with Crippen molar-refractivity contribution in [2.24, 2.45) is 5.92 Å². The van der Waals surface area contributed by atoms with Gasteiger partial charge in [-0.2, -0.15) is 0 Å². The number of aryl methyl sites for hydroxylation is 1. The molecule has 4 nitrogen and oxygen atoms in total. The third kappa shape index (κ3) is 2.54. The molecule has 16 heavy (non-hydrogen) atoms. The molecule has 0 radical (unpaired) electrons. The number of carbonyl (C=O) groups is 1. The average Bonchev–Trinajstić information content (AvgIpc) is 2.86. The molecule has 1 fully saturated rings. The van der Waals surface area contributed by atoms with Crippen LogP contribution in [0.4, 0.5) is 5.69 Å². The van der Waals surface area contributed by atoms with Crippen LogP contribution in [0.1, 0.15) is 21.0 Å². The van der Waals surface area contributed by atoms with Gasteiger partial charge in [-0.15, -0.1) is 11.3 Å². The summed E-state index contributed by atoms with van der Waals surface area (Å²) in [6.07, 6.45) is 1.03. The number of hydrogen-bond donors (Lipinski definition) is 2. The van der Waals surface area contributed by atoms with Gasteiger partial charge in [-0.05, 0) is 19.4 Å². The quantitative estimate of drug-likeness (QED) is 0.839. The van der Waals surface area contributed by atoms with Crippen LogP contribution < -0.4 is 11.1 Å². The molecule has 1 unspecified atom stereocenters. The molecule has 88 valence electrons. The van der Waals surface area contributed by atoms with Gasteiger partial charge in [0.15, 0.2) is 0 Å². The molecule has 0 aromatic carbocycles. The second-order valence-electron chi connectivity index (χ2n) is 4.06. The lowest BCUT2D eigenvalue weighted by molar-refractivity contribution is 0.0949. The van der Waals surface area contributed by atoms with Crippen molar-refractivity contribution < 1.29 is 9.53 Å². The van der Waals surface area contributed by atoms with Crippen molar-refractivity contribution in [3.8, 4) is 0 Å². The molecule has 5 heteroatoms. The Balaban J connectivity index is 1.87. The summed E-state index contributed by atoms with van der Waals surface area (Å²) in [6, 6.07) is 1.74. The van der Waals surface area contributed by atoms with Crippen LogP contribution in [0, 0.1) is 12.8 Å². The molecule has 1 atom stereocenters. The number of ether oxygens (including phenoxy) is 1. The van der Waals surface area contributed by atoms with Crippen molar-refractivity contribution in [3.63, 3.8) is 0 Å². The zero-order chi connectivity index (χ0) is 11.5. The summed E-state index contributed by atoms with van der Waals surface area (Å²) in [4.78, 5) is 13.5. The molecular weight excluding hydrogens is 224 g/mol. The van der Waals surface area contributed by atoms with E-state index in [1.807, 2.05) is 6.92 Å². The fourth-order valence-electron chi connectivity index (χ4n) is 1.68. The minimum absolute atomic E-state index is 0.0308. The van der Waals surface area contributed by atoms with Crippen LogP contribution >= 0.6 is 11.3 Å². The number of amides is 1. The zero-order valence-electron chi connectivity index (χ0n) is 9.29. The van der Waals surface area contributed by atoms with E-state index in [9.17, 15) is 4.79 Å². The second-order valence-corrected chi connectivity index (χ2v) is 5.32. The highest BCUT2D eigenvalue weighted by atomic mass is 32.1. The Kier molecular flexibility index (Phi) is 3.46. The van der Waals surface area contributed by atoms with E-state index in [1.54, 1.807) is 6.07 Å². The third-order valence-corrected chi connectivity index (χ3v) is 3.82. The Bertz CT molecular complexity index is 364. The smallest absolute Gasteiger partial charge is 0.261 e. The van der Waals surface area contributed by atoms with Gasteiger partial charge < -0.3 is 15.8 Å². The molecule has 2 heterocycles. The summed E-state index contributed by atoms with van der Waals surface area (Å²) in [5.74, 6) is 0.430. The first-order valence-corrected chi connectivity index (χ1v) is 6.20. The predicted octanol–water partition coefficient (Wildman–Crippen LogP) is 1.41. The molecule has 1 aliphatic heterocycles. The van der Waals surface area contributed by atoms with Gasteiger partial charge in [0.05, 0.1) is 11.5 Å². The number of nitrogens with one attached hydrogen (secondary N) is 1. The average molecular weight is 240 g/mol. The lowest BCUT2D eigenvalue weighted by Gasteiger charge is -2.07. The van der Waals surface area contributed by atoms with E-state index in [4.69, 9.17) is 10.5 Å². The maximum absolute atomic E-state index is 11.8. The Morgan fingerprint density at radius 1 is 1.75 bits per heavy atom. The standard InChI is InChI=1S/C11H16N2O2S/c1-7-9(12)4-10(16-7)11(14)13-5-8-2-3-15-6-8/h4,8H,2-3,5-6,12H2,1H3,(H,13,14). The van der Waals surface area contributed by atoms with Gasteiger partial charge in [-0.3, -0.25) is 4.79 Å². The first-order valence-electron chi connectivity index (χ1n) is 5.38. The SMILES string of the molecule is Cc1sc(C(=O)NCC2CCOC2)cc1N. The lowest BCUT2D eigenvalue weighted by Crippen LogP contribution is -2.28. The van der Waals surface area contributed by atoms with E-state index in [1.165, 1.54) is 11.3 Å². The van der Waals surface area contributed by atoms with E-state index >= 15 is 0 Å². The van der Waals surface area contributed by atoms with Gasteiger partial charge in [-0.1, -0.05) is 0 Å². The van der Waals surface area contributed by atoms with Crippen LogP contribution in [-0.4, -0.2) is 25.7 Å². The molecule has 2 rings (SSSR count). The van der Waals surface area contributed by atoms with Crippen molar-refractivity contribution in [3.05, 3.63) is 15.8 Å². The maximum atomic E-state index is 11.8. The number of hydrogen-bond acceptors (Lipinski definition) is 4. The van der Waals surface area contributed by atoms with Gasteiger partial charge in [0.1, 0.15) is 0 Å². The Hall–Kier alpha value is -1.07. The molecule has 0 spiro atoms. The fourth-order valence-corrected chi connectivity index (χ4v) is 2.53. The Labute approximate surface area is 98.8 Å². The zero-order valence-corrected chi connectivity index (χ0v) is 10.1. The van der Waals surface area contributed by atoms with E-state index in [2.05, 4.69) is 5.32 Å². The molecule has 1 amide bonds. The fraction of sp³-hybridized carbons (Fsp3) is 0.545. The highest BCUT2D eigenvalue weighted by Gasteiger charge is 2.17. The molecule has 1 saturated heterocycles. The van der Waals surface area contributed by atoms with Crippen molar-refractivity contribution in [2.75, 3.05) is 25.5 Å². The molecule has 0 bridgehead atoms. The molecule has 3 N–H and O–H groups in total. The number of nitrogens with two attached hydrogens (primary N) is 1. The highest BCUT2D eigenvalue weighted by Crippen LogP contribution is 2.23. The van der Waals surface area contributed by atoms with Gasteiger partial charge in [0.25, 0.3) is 5.91 Å². The number of anilines is 1. The van der Waals surface area contributed by atoms with Crippen LogP contribution in [-0.2, 0) is 4.74 Å².